The number of hydrogen-bond donors (Lipinski definition) is 3. The molecule has 2 aliphatic rings. The molecule has 0 aromatic heterocycles. The number of amidine groups is 1. The highest BCUT2D eigenvalue weighted by atomic mass is 32.2. The molecule has 2 heterocycles. The molecule has 160 valence electrons. The summed E-state index contributed by atoms with van der Waals surface area (Å²) in [6.07, 6.45) is 3.30. The Morgan fingerprint density at radius 3 is 2.87 bits per heavy atom. The molecule has 2 saturated heterocycles. The second kappa shape index (κ2) is 10.7. The quantitative estimate of drug-likeness (QED) is 0.385. The normalized spacial score (nSPS) is 22.4. The summed E-state index contributed by atoms with van der Waals surface area (Å²) in [5.74, 6) is -1.10. The summed E-state index contributed by atoms with van der Waals surface area (Å²) >= 11 is 1.03. The minimum Gasteiger partial charge on any atom is -0.484 e. The van der Waals surface area contributed by atoms with Crippen molar-refractivity contribution in [2.45, 2.75) is 30.6 Å². The zero-order valence-corrected chi connectivity index (χ0v) is 16.9. The summed E-state index contributed by atoms with van der Waals surface area (Å²) in [7, 11) is 0. The topological polar surface area (TPSA) is 139 Å². The maximum atomic E-state index is 11.8. The van der Waals surface area contributed by atoms with E-state index in [1.807, 2.05) is 0 Å². The highest BCUT2D eigenvalue weighted by Gasteiger charge is 2.32. The Morgan fingerprint density at radius 2 is 2.17 bits per heavy atom. The molecule has 10 nitrogen and oxygen atoms in total. The first-order valence-electron chi connectivity index (χ1n) is 9.41. The third kappa shape index (κ3) is 6.85. The highest BCUT2D eigenvalue weighted by Crippen LogP contribution is 2.22. The van der Waals surface area contributed by atoms with Crippen LogP contribution in [0.2, 0.25) is 0 Å². The van der Waals surface area contributed by atoms with Gasteiger partial charge in [0.25, 0.3) is 5.91 Å². The summed E-state index contributed by atoms with van der Waals surface area (Å²) in [5, 5.41) is 21.4. The third-order valence-electron chi connectivity index (χ3n) is 4.29. The average Bonchev–Trinajstić information content (AvgIpc) is 3.35. The van der Waals surface area contributed by atoms with Crippen LogP contribution in [-0.2, 0) is 19.1 Å². The molecule has 1 aromatic rings. The van der Waals surface area contributed by atoms with Crippen molar-refractivity contribution in [3.8, 4) is 5.75 Å². The molecule has 3 rings (SSSR count). The van der Waals surface area contributed by atoms with Crippen LogP contribution in [0, 0.1) is 0 Å². The van der Waals surface area contributed by atoms with Gasteiger partial charge >= 0.3 is 5.97 Å². The van der Waals surface area contributed by atoms with Crippen molar-refractivity contribution in [1.29, 1.82) is 0 Å². The van der Waals surface area contributed by atoms with Crippen molar-refractivity contribution in [1.82, 2.24) is 10.6 Å². The fourth-order valence-electron chi connectivity index (χ4n) is 2.78. The van der Waals surface area contributed by atoms with Gasteiger partial charge in [-0.05, 0) is 42.7 Å². The van der Waals surface area contributed by atoms with Crippen LogP contribution in [0.25, 0.3) is 0 Å². The van der Waals surface area contributed by atoms with Crippen LogP contribution in [-0.4, -0.2) is 65.4 Å². The number of thioether (sulfide) groups is 1. The van der Waals surface area contributed by atoms with Gasteiger partial charge in [-0.1, -0.05) is 11.8 Å². The maximum absolute atomic E-state index is 11.8. The van der Waals surface area contributed by atoms with Crippen LogP contribution in [0.15, 0.2) is 34.5 Å². The van der Waals surface area contributed by atoms with E-state index < -0.39 is 17.1 Å². The minimum absolute atomic E-state index is 0.0811. The molecule has 2 amide bonds. The van der Waals surface area contributed by atoms with Gasteiger partial charge in [-0.25, -0.2) is 0 Å². The standard InChI is InChI=1S/C19H22N4O6S/c24-16(20-10-14-2-1-7-28-14)11-29-13-5-3-12(4-6-13)9-21-23-19-22-18(27)15(30-19)8-17(25)26/h3-6,9,14-15H,1-2,7-8,10-11H2,(H,20,24)(H,25,26)(H,22,23,27). The molecular weight excluding hydrogens is 412 g/mol. The maximum Gasteiger partial charge on any atom is 0.305 e. The molecule has 2 aliphatic heterocycles. The number of carboxylic acids is 1. The first-order valence-corrected chi connectivity index (χ1v) is 10.3. The molecule has 0 aliphatic carbocycles. The van der Waals surface area contributed by atoms with Crippen molar-refractivity contribution in [2.75, 3.05) is 19.8 Å². The van der Waals surface area contributed by atoms with Crippen LogP contribution in [0.1, 0.15) is 24.8 Å². The number of nitrogens with one attached hydrogen (secondary N) is 2. The first-order chi connectivity index (χ1) is 14.5. The number of benzene rings is 1. The van der Waals surface area contributed by atoms with Gasteiger partial charge in [-0.2, -0.15) is 5.10 Å². The molecule has 0 radical (unpaired) electrons. The van der Waals surface area contributed by atoms with Gasteiger partial charge in [0, 0.05) is 13.2 Å². The van der Waals surface area contributed by atoms with E-state index in [9.17, 15) is 14.4 Å². The summed E-state index contributed by atoms with van der Waals surface area (Å²) in [4.78, 5) is 34.2. The first kappa shape index (κ1) is 21.8. The Bertz CT molecular complexity index is 836. The Balaban J connectivity index is 1.41. The number of ether oxygens (including phenoxy) is 2. The number of hydrogen-bond acceptors (Lipinski definition) is 8. The van der Waals surface area contributed by atoms with E-state index in [4.69, 9.17) is 14.6 Å². The molecular formula is C19H22N4O6S. The van der Waals surface area contributed by atoms with Crippen molar-refractivity contribution >= 4 is 40.9 Å². The van der Waals surface area contributed by atoms with Gasteiger partial charge in [0.2, 0.25) is 5.91 Å². The smallest absolute Gasteiger partial charge is 0.305 e. The van der Waals surface area contributed by atoms with Gasteiger partial charge in [0.05, 0.1) is 18.7 Å². The third-order valence-corrected chi connectivity index (χ3v) is 5.36. The van der Waals surface area contributed by atoms with Gasteiger partial charge in [0.15, 0.2) is 11.8 Å². The van der Waals surface area contributed by atoms with Crippen molar-refractivity contribution in [3.63, 3.8) is 0 Å². The van der Waals surface area contributed by atoms with Crippen molar-refractivity contribution in [3.05, 3.63) is 29.8 Å². The van der Waals surface area contributed by atoms with E-state index >= 15 is 0 Å². The SMILES string of the molecule is O=C(O)CC1SC(=NN=Cc2ccc(OCC(=O)NCC3CCCO3)cc2)NC1=O. The monoisotopic (exact) mass is 434 g/mol. The van der Waals surface area contributed by atoms with Gasteiger partial charge < -0.3 is 25.2 Å². The van der Waals surface area contributed by atoms with Crippen LogP contribution in [0.3, 0.4) is 0 Å². The lowest BCUT2D eigenvalue weighted by atomic mass is 10.2. The van der Waals surface area contributed by atoms with Gasteiger partial charge in [0.1, 0.15) is 11.0 Å². The van der Waals surface area contributed by atoms with Gasteiger partial charge in [-0.15, -0.1) is 5.10 Å². The lowest BCUT2D eigenvalue weighted by molar-refractivity contribution is -0.138. The van der Waals surface area contributed by atoms with Crippen molar-refractivity contribution < 1.29 is 29.0 Å². The Kier molecular flexibility index (Phi) is 7.80. The number of amides is 2. The zero-order chi connectivity index (χ0) is 21.3. The largest absolute Gasteiger partial charge is 0.484 e. The second-order valence-electron chi connectivity index (χ2n) is 6.64. The van der Waals surface area contributed by atoms with E-state index in [-0.39, 0.29) is 30.2 Å². The van der Waals surface area contributed by atoms with E-state index in [0.717, 1.165) is 36.8 Å². The molecule has 0 bridgehead atoms. The number of carbonyl (C=O) groups excluding carboxylic acids is 2. The minimum atomic E-state index is -1.05. The lowest BCUT2D eigenvalue weighted by Crippen LogP contribution is -2.35. The summed E-state index contributed by atoms with van der Waals surface area (Å²) in [5.41, 5.74) is 0.742. The number of carbonyl (C=O) groups is 3. The Morgan fingerprint density at radius 1 is 1.37 bits per heavy atom. The predicted octanol–water partition coefficient (Wildman–Crippen LogP) is 0.757. The summed E-state index contributed by atoms with van der Waals surface area (Å²) < 4.78 is 10.9. The molecule has 3 N–H and O–H groups in total. The summed E-state index contributed by atoms with van der Waals surface area (Å²) in [6, 6.07) is 6.90. The second-order valence-corrected chi connectivity index (χ2v) is 7.83. The molecule has 11 heteroatoms. The van der Waals surface area contributed by atoms with E-state index in [1.165, 1.54) is 6.21 Å². The summed E-state index contributed by atoms with van der Waals surface area (Å²) in [6.45, 7) is 1.16. The average molecular weight is 434 g/mol. The number of carboxylic acid groups (broad SMARTS) is 1. The number of aliphatic carboxylic acids is 1. The van der Waals surface area contributed by atoms with E-state index in [0.29, 0.717) is 12.3 Å². The molecule has 0 saturated carbocycles. The van der Waals surface area contributed by atoms with Crippen LogP contribution >= 0.6 is 11.8 Å². The number of rotatable bonds is 9. The van der Waals surface area contributed by atoms with Crippen molar-refractivity contribution in [2.24, 2.45) is 10.2 Å². The molecule has 2 fully saturated rings. The predicted molar refractivity (Wildman–Crippen MR) is 111 cm³/mol. The number of nitrogens with zero attached hydrogens (tertiary/aromatic N) is 2. The van der Waals surface area contributed by atoms with Crippen LogP contribution in [0.4, 0.5) is 0 Å². The molecule has 30 heavy (non-hydrogen) atoms. The Labute approximate surface area is 177 Å². The molecule has 2 unspecified atom stereocenters. The lowest BCUT2D eigenvalue weighted by Gasteiger charge is -2.11. The Hall–Kier alpha value is -2.92. The van der Waals surface area contributed by atoms with E-state index in [2.05, 4.69) is 20.8 Å². The fourth-order valence-corrected chi connectivity index (χ4v) is 3.69. The van der Waals surface area contributed by atoms with Crippen LogP contribution < -0.4 is 15.4 Å². The molecule has 0 spiro atoms. The van der Waals surface area contributed by atoms with Crippen LogP contribution in [0.5, 0.6) is 5.75 Å². The van der Waals surface area contributed by atoms with E-state index in [1.54, 1.807) is 24.3 Å². The molecule has 1 aromatic carbocycles. The zero-order valence-electron chi connectivity index (χ0n) is 16.1. The van der Waals surface area contributed by atoms with Gasteiger partial charge in [-0.3, -0.25) is 14.4 Å². The molecule has 2 atom stereocenters. The highest BCUT2D eigenvalue weighted by molar-refractivity contribution is 8.15. The fraction of sp³-hybridized carbons (Fsp3) is 0.421.